The number of rotatable bonds is 7. The van der Waals surface area contributed by atoms with Crippen molar-refractivity contribution in [2.45, 2.75) is 33.4 Å². The summed E-state index contributed by atoms with van der Waals surface area (Å²) in [5, 5.41) is 12.6. The van der Waals surface area contributed by atoms with Crippen LogP contribution in [0.1, 0.15) is 29.9 Å². The van der Waals surface area contributed by atoms with E-state index in [0.29, 0.717) is 22.6 Å². The zero-order valence-corrected chi connectivity index (χ0v) is 19.8. The number of aryl methyl sites for hydroxylation is 2. The minimum absolute atomic E-state index is 0.210. The molecule has 0 aliphatic rings. The van der Waals surface area contributed by atoms with Crippen LogP contribution in [-0.2, 0) is 11.3 Å². The van der Waals surface area contributed by atoms with Crippen LogP contribution in [0.5, 0.6) is 11.5 Å². The van der Waals surface area contributed by atoms with Crippen LogP contribution in [0.4, 0.5) is 0 Å². The van der Waals surface area contributed by atoms with Crippen LogP contribution in [0, 0.1) is 13.8 Å². The largest absolute Gasteiger partial charge is 0.493 e. The van der Waals surface area contributed by atoms with Crippen LogP contribution in [-0.4, -0.2) is 39.7 Å². The van der Waals surface area contributed by atoms with Crippen molar-refractivity contribution >= 4 is 16.8 Å². The summed E-state index contributed by atoms with van der Waals surface area (Å²) in [5.74, 6) is 0.774. The van der Waals surface area contributed by atoms with Gasteiger partial charge in [0.05, 0.1) is 36.7 Å². The standard InChI is InChI=1S/C25H27N5O4/c1-15-21-16(2)29(19-11-7-6-8-12-19)28-22(21)25(32)30(27-15)17(3)24(31)26-14-18-10-9-13-20(33-4)23(18)34-5/h6-13,17H,14H2,1-5H3,(H,26,31)/t17-/m1/s1. The molecule has 4 rings (SSSR count). The van der Waals surface area contributed by atoms with Crippen molar-refractivity contribution in [2.75, 3.05) is 14.2 Å². The van der Waals surface area contributed by atoms with Crippen molar-refractivity contribution in [3.05, 3.63) is 75.8 Å². The van der Waals surface area contributed by atoms with Crippen LogP contribution in [0.3, 0.4) is 0 Å². The Morgan fingerprint density at radius 3 is 2.44 bits per heavy atom. The molecular weight excluding hydrogens is 434 g/mol. The minimum Gasteiger partial charge on any atom is -0.493 e. The molecule has 0 saturated carbocycles. The Hall–Kier alpha value is -4.14. The van der Waals surface area contributed by atoms with Gasteiger partial charge in [-0.25, -0.2) is 9.36 Å². The zero-order chi connectivity index (χ0) is 24.4. The summed E-state index contributed by atoms with van der Waals surface area (Å²) in [6, 6.07) is 14.2. The first-order valence-corrected chi connectivity index (χ1v) is 10.9. The number of amides is 1. The Labute approximate surface area is 196 Å². The normalized spacial score (nSPS) is 11.9. The Balaban J connectivity index is 1.64. The molecule has 176 valence electrons. The predicted octanol–water partition coefficient (Wildman–Crippen LogP) is 3.09. The molecule has 34 heavy (non-hydrogen) atoms. The van der Waals surface area contributed by atoms with E-state index in [4.69, 9.17) is 9.47 Å². The molecule has 0 aliphatic carbocycles. The molecule has 0 unspecified atom stereocenters. The fourth-order valence-corrected chi connectivity index (χ4v) is 4.07. The van der Waals surface area contributed by atoms with E-state index in [-0.39, 0.29) is 18.0 Å². The number of fused-ring (bicyclic) bond motifs is 1. The lowest BCUT2D eigenvalue weighted by Gasteiger charge is -2.16. The Bertz CT molecular complexity index is 1410. The molecule has 1 N–H and O–H groups in total. The molecule has 9 nitrogen and oxygen atoms in total. The van der Waals surface area contributed by atoms with Crippen molar-refractivity contribution in [3.8, 4) is 17.2 Å². The number of carbonyl (C=O) groups is 1. The van der Waals surface area contributed by atoms with E-state index >= 15 is 0 Å². The van der Waals surface area contributed by atoms with E-state index in [0.717, 1.165) is 16.9 Å². The molecule has 2 heterocycles. The van der Waals surface area contributed by atoms with Gasteiger partial charge in [-0.3, -0.25) is 9.59 Å². The highest BCUT2D eigenvalue weighted by Gasteiger charge is 2.23. The number of carbonyl (C=O) groups excluding carboxylic acids is 1. The number of ether oxygens (including phenoxy) is 2. The average molecular weight is 462 g/mol. The SMILES string of the molecule is COc1cccc(CNC(=O)[C@@H](C)n2nc(C)c3c(C)n(-c4ccccc4)nc3c2=O)c1OC. The highest BCUT2D eigenvalue weighted by atomic mass is 16.5. The number of nitrogens with one attached hydrogen (secondary N) is 1. The molecule has 0 aliphatic heterocycles. The summed E-state index contributed by atoms with van der Waals surface area (Å²) < 4.78 is 13.7. The fourth-order valence-electron chi connectivity index (χ4n) is 4.07. The zero-order valence-electron chi connectivity index (χ0n) is 19.8. The Morgan fingerprint density at radius 1 is 1.03 bits per heavy atom. The first-order chi connectivity index (χ1) is 16.4. The third kappa shape index (κ3) is 4.00. The van der Waals surface area contributed by atoms with Gasteiger partial charge in [0, 0.05) is 12.1 Å². The third-order valence-corrected chi connectivity index (χ3v) is 5.83. The van der Waals surface area contributed by atoms with Gasteiger partial charge in [-0.05, 0) is 39.0 Å². The second-order valence-corrected chi connectivity index (χ2v) is 7.94. The summed E-state index contributed by atoms with van der Waals surface area (Å²) in [6.45, 7) is 5.56. The van der Waals surface area contributed by atoms with Crippen LogP contribution < -0.4 is 20.3 Å². The van der Waals surface area contributed by atoms with E-state index in [1.54, 1.807) is 31.9 Å². The lowest BCUT2D eigenvalue weighted by Crippen LogP contribution is -2.37. The van der Waals surface area contributed by atoms with Gasteiger partial charge in [-0.1, -0.05) is 30.3 Å². The van der Waals surface area contributed by atoms with Crippen molar-refractivity contribution < 1.29 is 14.3 Å². The molecule has 0 spiro atoms. The molecular formula is C25H27N5O4. The van der Waals surface area contributed by atoms with Crippen LogP contribution in [0.25, 0.3) is 16.6 Å². The molecule has 0 radical (unpaired) electrons. The first-order valence-electron chi connectivity index (χ1n) is 10.9. The summed E-state index contributed by atoms with van der Waals surface area (Å²) in [7, 11) is 3.10. The molecule has 0 bridgehead atoms. The van der Waals surface area contributed by atoms with Gasteiger partial charge in [-0.2, -0.15) is 10.2 Å². The number of methoxy groups -OCH3 is 2. The van der Waals surface area contributed by atoms with Gasteiger partial charge in [0.2, 0.25) is 5.91 Å². The number of benzene rings is 2. The quantitative estimate of drug-likeness (QED) is 0.454. The number of hydrogen-bond acceptors (Lipinski definition) is 6. The maximum Gasteiger partial charge on any atom is 0.295 e. The van der Waals surface area contributed by atoms with Crippen molar-refractivity contribution in [1.29, 1.82) is 0 Å². The molecule has 1 atom stereocenters. The van der Waals surface area contributed by atoms with E-state index < -0.39 is 11.6 Å². The topological polar surface area (TPSA) is 100 Å². The second kappa shape index (κ2) is 9.38. The van der Waals surface area contributed by atoms with Gasteiger partial charge in [0.15, 0.2) is 17.0 Å². The number of para-hydroxylation sites is 2. The van der Waals surface area contributed by atoms with Gasteiger partial charge < -0.3 is 14.8 Å². The molecule has 2 aromatic carbocycles. The molecule has 2 aromatic heterocycles. The number of aromatic nitrogens is 4. The van der Waals surface area contributed by atoms with E-state index in [9.17, 15) is 9.59 Å². The molecule has 0 saturated heterocycles. The third-order valence-electron chi connectivity index (χ3n) is 5.83. The average Bonchev–Trinajstić information content (AvgIpc) is 3.22. The number of nitrogens with zero attached hydrogens (tertiary/aromatic N) is 4. The fraction of sp³-hybridized carbons (Fsp3) is 0.280. The second-order valence-electron chi connectivity index (χ2n) is 7.94. The molecule has 4 aromatic rings. The van der Waals surface area contributed by atoms with Gasteiger partial charge in [0.1, 0.15) is 6.04 Å². The monoisotopic (exact) mass is 461 g/mol. The van der Waals surface area contributed by atoms with E-state index in [2.05, 4.69) is 15.5 Å². The van der Waals surface area contributed by atoms with Gasteiger partial charge in [0.25, 0.3) is 5.56 Å². The Kier molecular flexibility index (Phi) is 6.36. The summed E-state index contributed by atoms with van der Waals surface area (Å²) >= 11 is 0. The summed E-state index contributed by atoms with van der Waals surface area (Å²) in [4.78, 5) is 26.2. The number of hydrogen-bond donors (Lipinski definition) is 1. The molecule has 9 heteroatoms. The van der Waals surface area contributed by atoms with Crippen LogP contribution in [0.15, 0.2) is 53.3 Å². The Morgan fingerprint density at radius 2 is 1.76 bits per heavy atom. The maximum absolute atomic E-state index is 13.3. The summed E-state index contributed by atoms with van der Waals surface area (Å²) in [6.07, 6.45) is 0. The highest BCUT2D eigenvalue weighted by molar-refractivity contribution is 5.84. The lowest BCUT2D eigenvalue weighted by atomic mass is 10.1. The van der Waals surface area contributed by atoms with Crippen LogP contribution >= 0.6 is 0 Å². The lowest BCUT2D eigenvalue weighted by molar-refractivity contribution is -0.124. The minimum atomic E-state index is -0.839. The summed E-state index contributed by atoms with van der Waals surface area (Å²) in [5.41, 5.74) is 2.91. The smallest absolute Gasteiger partial charge is 0.295 e. The van der Waals surface area contributed by atoms with E-state index in [1.165, 1.54) is 4.68 Å². The molecule has 1 amide bonds. The highest BCUT2D eigenvalue weighted by Crippen LogP contribution is 2.30. The predicted molar refractivity (Wildman–Crippen MR) is 129 cm³/mol. The van der Waals surface area contributed by atoms with Crippen molar-refractivity contribution in [2.24, 2.45) is 0 Å². The van der Waals surface area contributed by atoms with Crippen molar-refractivity contribution in [3.63, 3.8) is 0 Å². The van der Waals surface area contributed by atoms with Gasteiger partial charge >= 0.3 is 0 Å². The first kappa shape index (κ1) is 23.0. The van der Waals surface area contributed by atoms with Crippen LogP contribution in [0.2, 0.25) is 0 Å². The van der Waals surface area contributed by atoms with Gasteiger partial charge in [-0.15, -0.1) is 0 Å². The maximum atomic E-state index is 13.3. The molecule has 0 fully saturated rings. The van der Waals surface area contributed by atoms with Crippen molar-refractivity contribution in [1.82, 2.24) is 24.9 Å². The van der Waals surface area contributed by atoms with E-state index in [1.807, 2.05) is 56.3 Å².